The number of amides is 2. The van der Waals surface area contributed by atoms with Gasteiger partial charge in [-0.2, -0.15) is 0 Å². The van der Waals surface area contributed by atoms with Crippen LogP contribution in [-0.4, -0.2) is 18.4 Å². The van der Waals surface area contributed by atoms with Crippen LogP contribution in [0.1, 0.15) is 45.1 Å². The molecule has 0 aliphatic rings. The summed E-state index contributed by atoms with van der Waals surface area (Å²) < 4.78 is 5.53. The molecule has 0 heterocycles. The SMILES string of the molecule is CCC(=O)Nc1ccc(NC(=O)COc2ccc([C@H](C)CC)cc2)cc1. The van der Waals surface area contributed by atoms with Crippen molar-refractivity contribution in [2.75, 3.05) is 17.2 Å². The van der Waals surface area contributed by atoms with Gasteiger partial charge in [-0.05, 0) is 54.3 Å². The summed E-state index contributed by atoms with van der Waals surface area (Å²) in [7, 11) is 0. The Morgan fingerprint density at radius 2 is 1.42 bits per heavy atom. The van der Waals surface area contributed by atoms with Crippen molar-refractivity contribution in [3.63, 3.8) is 0 Å². The molecule has 2 rings (SSSR count). The van der Waals surface area contributed by atoms with Crippen LogP contribution in [0.5, 0.6) is 5.75 Å². The summed E-state index contributed by atoms with van der Waals surface area (Å²) in [5, 5.41) is 5.53. The predicted octanol–water partition coefficient (Wildman–Crippen LogP) is 4.57. The van der Waals surface area contributed by atoms with Gasteiger partial charge < -0.3 is 15.4 Å². The standard InChI is InChI=1S/C21H26N2O3/c1-4-15(3)16-6-12-19(13-7-16)26-14-21(25)23-18-10-8-17(9-11-18)22-20(24)5-2/h6-13,15H,4-5,14H2,1-3H3,(H,22,24)(H,23,25)/t15-/m1/s1. The van der Waals surface area contributed by atoms with Crippen molar-refractivity contribution in [3.8, 4) is 5.75 Å². The summed E-state index contributed by atoms with van der Waals surface area (Å²) in [6, 6.07) is 14.8. The molecule has 2 aromatic rings. The molecule has 0 fully saturated rings. The fraction of sp³-hybridized carbons (Fsp3) is 0.333. The lowest BCUT2D eigenvalue weighted by Crippen LogP contribution is -2.20. The average molecular weight is 354 g/mol. The Morgan fingerprint density at radius 1 is 0.885 bits per heavy atom. The first kappa shape index (κ1) is 19.5. The van der Waals surface area contributed by atoms with Gasteiger partial charge in [-0.25, -0.2) is 0 Å². The quantitative estimate of drug-likeness (QED) is 0.730. The Hall–Kier alpha value is -2.82. The second-order valence-electron chi connectivity index (χ2n) is 6.19. The largest absolute Gasteiger partial charge is 0.484 e. The second-order valence-corrected chi connectivity index (χ2v) is 6.19. The molecule has 0 saturated carbocycles. The van der Waals surface area contributed by atoms with Crippen molar-refractivity contribution in [2.24, 2.45) is 0 Å². The lowest BCUT2D eigenvalue weighted by molar-refractivity contribution is -0.118. The van der Waals surface area contributed by atoms with Gasteiger partial charge in [0, 0.05) is 17.8 Å². The van der Waals surface area contributed by atoms with E-state index in [0.29, 0.717) is 29.5 Å². The Balaban J connectivity index is 1.82. The van der Waals surface area contributed by atoms with Gasteiger partial charge >= 0.3 is 0 Å². The summed E-state index contributed by atoms with van der Waals surface area (Å²) in [5.41, 5.74) is 2.62. The van der Waals surface area contributed by atoms with Crippen LogP contribution in [0.4, 0.5) is 11.4 Å². The summed E-state index contributed by atoms with van der Waals surface area (Å²) >= 11 is 0. The number of carbonyl (C=O) groups is 2. The van der Waals surface area contributed by atoms with Crippen LogP contribution in [0, 0.1) is 0 Å². The van der Waals surface area contributed by atoms with Crippen LogP contribution in [0.3, 0.4) is 0 Å². The summed E-state index contributed by atoms with van der Waals surface area (Å²) in [4.78, 5) is 23.4. The summed E-state index contributed by atoms with van der Waals surface area (Å²) in [6.07, 6.45) is 1.51. The lowest BCUT2D eigenvalue weighted by atomic mass is 9.99. The number of hydrogen-bond donors (Lipinski definition) is 2. The van der Waals surface area contributed by atoms with Gasteiger partial charge in [-0.3, -0.25) is 9.59 Å². The number of rotatable bonds is 8. The van der Waals surface area contributed by atoms with Crippen LogP contribution in [0.25, 0.3) is 0 Å². The molecule has 0 radical (unpaired) electrons. The molecule has 2 amide bonds. The van der Waals surface area contributed by atoms with E-state index >= 15 is 0 Å². The van der Waals surface area contributed by atoms with Crippen molar-refractivity contribution < 1.29 is 14.3 Å². The maximum Gasteiger partial charge on any atom is 0.262 e. The first-order valence-electron chi connectivity index (χ1n) is 8.94. The van der Waals surface area contributed by atoms with Crippen LogP contribution < -0.4 is 15.4 Å². The molecule has 138 valence electrons. The van der Waals surface area contributed by atoms with E-state index in [1.165, 1.54) is 5.56 Å². The zero-order valence-electron chi connectivity index (χ0n) is 15.5. The number of carbonyl (C=O) groups excluding carboxylic acids is 2. The maximum absolute atomic E-state index is 12.0. The number of hydrogen-bond acceptors (Lipinski definition) is 3. The number of ether oxygens (including phenoxy) is 1. The van der Waals surface area contributed by atoms with E-state index in [4.69, 9.17) is 4.74 Å². The van der Waals surface area contributed by atoms with Gasteiger partial charge in [0.2, 0.25) is 5.91 Å². The smallest absolute Gasteiger partial charge is 0.262 e. The van der Waals surface area contributed by atoms with Gasteiger partial charge in [0.25, 0.3) is 5.91 Å². The van der Waals surface area contributed by atoms with Crippen molar-refractivity contribution in [1.29, 1.82) is 0 Å². The van der Waals surface area contributed by atoms with E-state index in [-0.39, 0.29) is 18.4 Å². The molecule has 5 nitrogen and oxygen atoms in total. The fourth-order valence-corrected chi connectivity index (χ4v) is 2.36. The van der Waals surface area contributed by atoms with Gasteiger partial charge in [0.1, 0.15) is 5.75 Å². The van der Waals surface area contributed by atoms with Crippen LogP contribution >= 0.6 is 0 Å². The molecule has 0 aromatic heterocycles. The van der Waals surface area contributed by atoms with Crippen molar-refractivity contribution in [1.82, 2.24) is 0 Å². The summed E-state index contributed by atoms with van der Waals surface area (Å²) in [5.74, 6) is 0.901. The molecule has 0 aliphatic carbocycles. The Morgan fingerprint density at radius 3 is 1.92 bits per heavy atom. The van der Waals surface area contributed by atoms with Crippen molar-refractivity contribution in [2.45, 2.75) is 39.5 Å². The predicted molar refractivity (Wildman–Crippen MR) is 105 cm³/mol. The minimum atomic E-state index is -0.235. The molecule has 5 heteroatoms. The monoisotopic (exact) mass is 354 g/mol. The maximum atomic E-state index is 12.0. The van der Waals surface area contributed by atoms with Gasteiger partial charge in [-0.1, -0.05) is 32.9 Å². The Kier molecular flexibility index (Phi) is 7.21. The van der Waals surface area contributed by atoms with E-state index in [9.17, 15) is 9.59 Å². The van der Waals surface area contributed by atoms with E-state index in [0.717, 1.165) is 6.42 Å². The third kappa shape index (κ3) is 5.92. The molecule has 2 aromatic carbocycles. The van der Waals surface area contributed by atoms with E-state index < -0.39 is 0 Å². The van der Waals surface area contributed by atoms with Crippen LogP contribution in [-0.2, 0) is 9.59 Å². The van der Waals surface area contributed by atoms with Gasteiger partial charge in [-0.15, -0.1) is 0 Å². The van der Waals surface area contributed by atoms with Gasteiger partial charge in [0.15, 0.2) is 6.61 Å². The Bertz CT molecular complexity index is 724. The molecular weight excluding hydrogens is 328 g/mol. The molecule has 0 bridgehead atoms. The minimum Gasteiger partial charge on any atom is -0.484 e. The highest BCUT2D eigenvalue weighted by Crippen LogP contribution is 2.21. The number of nitrogens with one attached hydrogen (secondary N) is 2. The molecular formula is C21H26N2O3. The highest BCUT2D eigenvalue weighted by molar-refractivity contribution is 5.93. The molecule has 0 aliphatic heterocycles. The molecule has 1 atom stereocenters. The van der Waals surface area contributed by atoms with E-state index in [2.05, 4.69) is 24.5 Å². The molecule has 0 unspecified atom stereocenters. The molecule has 0 saturated heterocycles. The molecule has 2 N–H and O–H groups in total. The highest BCUT2D eigenvalue weighted by atomic mass is 16.5. The van der Waals surface area contributed by atoms with Crippen LogP contribution in [0.2, 0.25) is 0 Å². The molecule has 26 heavy (non-hydrogen) atoms. The fourth-order valence-electron chi connectivity index (χ4n) is 2.36. The second kappa shape index (κ2) is 9.61. The normalized spacial score (nSPS) is 11.5. The Labute approximate surface area is 154 Å². The van der Waals surface area contributed by atoms with Crippen molar-refractivity contribution >= 4 is 23.2 Å². The van der Waals surface area contributed by atoms with Gasteiger partial charge in [0.05, 0.1) is 0 Å². The third-order valence-electron chi connectivity index (χ3n) is 4.20. The zero-order valence-corrected chi connectivity index (χ0v) is 15.5. The van der Waals surface area contributed by atoms with Crippen LogP contribution in [0.15, 0.2) is 48.5 Å². The average Bonchev–Trinajstić information content (AvgIpc) is 2.67. The first-order valence-corrected chi connectivity index (χ1v) is 8.94. The number of benzene rings is 2. The minimum absolute atomic E-state index is 0.0467. The van der Waals surface area contributed by atoms with Crippen molar-refractivity contribution in [3.05, 3.63) is 54.1 Å². The highest BCUT2D eigenvalue weighted by Gasteiger charge is 2.06. The zero-order chi connectivity index (χ0) is 18.9. The molecule has 0 spiro atoms. The summed E-state index contributed by atoms with van der Waals surface area (Å²) in [6.45, 7) is 6.07. The topological polar surface area (TPSA) is 67.4 Å². The lowest BCUT2D eigenvalue weighted by Gasteiger charge is -2.11. The van der Waals surface area contributed by atoms with E-state index in [1.807, 2.05) is 24.3 Å². The third-order valence-corrected chi connectivity index (χ3v) is 4.20. The number of anilines is 2. The van der Waals surface area contributed by atoms with E-state index in [1.54, 1.807) is 31.2 Å². The first-order chi connectivity index (χ1) is 12.5.